The van der Waals surface area contributed by atoms with Gasteiger partial charge in [0.25, 0.3) is 0 Å². The number of nitrogens with one attached hydrogen (secondary N) is 1. The van der Waals surface area contributed by atoms with E-state index in [-0.39, 0.29) is 17.8 Å². The summed E-state index contributed by atoms with van der Waals surface area (Å²) in [6, 6.07) is 8.88. The molecule has 35 heavy (non-hydrogen) atoms. The summed E-state index contributed by atoms with van der Waals surface area (Å²) in [5, 5.41) is 20.0. The molecular formula is C26H28FN5O2S. The zero-order chi connectivity index (χ0) is 24.4. The molecule has 1 atom stereocenters. The number of rotatable bonds is 8. The second-order valence-electron chi connectivity index (χ2n) is 9.35. The molecule has 1 aliphatic carbocycles. The first-order valence-electron chi connectivity index (χ1n) is 11.9. The third-order valence-electron chi connectivity index (χ3n) is 6.85. The molecule has 1 saturated carbocycles. The number of aromatic amines is 1. The van der Waals surface area contributed by atoms with E-state index in [0.717, 1.165) is 59.4 Å². The smallest absolute Gasteiger partial charge is 0.173 e. The number of halogens is 1. The normalized spacial score (nSPS) is 19.2. The Balaban J connectivity index is 1.16. The average Bonchev–Trinajstić information content (AvgIpc) is 3.51. The van der Waals surface area contributed by atoms with E-state index in [1.54, 1.807) is 12.1 Å². The fourth-order valence-electron chi connectivity index (χ4n) is 4.96. The Labute approximate surface area is 207 Å². The summed E-state index contributed by atoms with van der Waals surface area (Å²) >= 11 is 1.47. The number of carbonyl (C=O) groups is 1. The van der Waals surface area contributed by atoms with Crippen LogP contribution in [0.4, 0.5) is 4.39 Å². The summed E-state index contributed by atoms with van der Waals surface area (Å²) in [7, 11) is 1.42. The van der Waals surface area contributed by atoms with Crippen molar-refractivity contribution in [1.82, 2.24) is 25.4 Å². The van der Waals surface area contributed by atoms with E-state index < -0.39 is 11.9 Å². The number of ketones is 1. The van der Waals surface area contributed by atoms with Gasteiger partial charge in [-0.2, -0.15) is 5.10 Å². The van der Waals surface area contributed by atoms with Crippen molar-refractivity contribution in [3.63, 3.8) is 0 Å². The largest absolute Gasteiger partial charge is 0.369 e. The Kier molecular flexibility index (Phi) is 6.97. The standard InChI is InChI=1S/C26H28FN5O2S/c1-15-3-8-20(27)19(11-15)25(34-2)22(33)14-24-31-30-23(35-24)12-16-4-6-17(7-5-16)21-13-18-9-10-28-26(18)32-29-21/h3,8-11,13,16-17,25H,4-7,12,14H2,1-2H3,(H,28,32). The van der Waals surface area contributed by atoms with Gasteiger partial charge in [0.05, 0.1) is 12.1 Å². The Morgan fingerprint density at radius 2 is 1.91 bits per heavy atom. The number of fused-ring (bicyclic) bond motifs is 1. The molecule has 1 aliphatic rings. The lowest BCUT2D eigenvalue weighted by atomic mass is 9.79. The molecule has 0 saturated heterocycles. The van der Waals surface area contributed by atoms with Crippen molar-refractivity contribution < 1.29 is 13.9 Å². The SMILES string of the molecule is COC(C(=O)Cc1nnc(CC2CCC(c3cc4cc[nH]c4nn3)CC2)s1)c1cc(C)ccc1F. The maximum absolute atomic E-state index is 14.3. The van der Waals surface area contributed by atoms with E-state index >= 15 is 0 Å². The quantitative estimate of drug-likeness (QED) is 0.359. The van der Waals surface area contributed by atoms with Crippen LogP contribution in [0.3, 0.4) is 0 Å². The van der Waals surface area contributed by atoms with Crippen molar-refractivity contribution in [3.05, 3.63) is 69.2 Å². The van der Waals surface area contributed by atoms with Crippen molar-refractivity contribution in [3.8, 4) is 0 Å². The van der Waals surface area contributed by atoms with Gasteiger partial charge >= 0.3 is 0 Å². The van der Waals surface area contributed by atoms with Crippen LogP contribution < -0.4 is 0 Å². The van der Waals surface area contributed by atoms with Gasteiger partial charge in [0.15, 0.2) is 11.4 Å². The highest BCUT2D eigenvalue weighted by molar-refractivity contribution is 7.11. The number of aromatic nitrogens is 5. The number of methoxy groups -OCH3 is 1. The summed E-state index contributed by atoms with van der Waals surface area (Å²) in [6.07, 6.45) is 6.24. The highest BCUT2D eigenvalue weighted by Gasteiger charge is 2.27. The van der Waals surface area contributed by atoms with Gasteiger partial charge in [0.1, 0.15) is 21.9 Å². The van der Waals surface area contributed by atoms with Crippen LogP contribution in [0, 0.1) is 18.7 Å². The summed E-state index contributed by atoms with van der Waals surface area (Å²) in [5.41, 5.74) is 3.04. The number of benzene rings is 1. The van der Waals surface area contributed by atoms with E-state index in [4.69, 9.17) is 4.74 Å². The van der Waals surface area contributed by atoms with E-state index in [0.29, 0.717) is 16.8 Å². The minimum atomic E-state index is -0.953. The van der Waals surface area contributed by atoms with Gasteiger partial charge in [-0.3, -0.25) is 4.79 Å². The molecule has 1 fully saturated rings. The van der Waals surface area contributed by atoms with Gasteiger partial charge in [0.2, 0.25) is 0 Å². The maximum atomic E-state index is 14.3. The number of H-pyrrole nitrogens is 1. The van der Waals surface area contributed by atoms with Crippen LogP contribution in [0.5, 0.6) is 0 Å². The van der Waals surface area contributed by atoms with Crippen LogP contribution in [0.15, 0.2) is 36.5 Å². The molecule has 3 heterocycles. The first kappa shape index (κ1) is 23.7. The van der Waals surface area contributed by atoms with Gasteiger partial charge in [-0.25, -0.2) is 4.39 Å². The van der Waals surface area contributed by atoms with Crippen molar-refractivity contribution in [2.24, 2.45) is 5.92 Å². The number of nitrogens with zero attached hydrogens (tertiary/aromatic N) is 4. The second kappa shape index (κ2) is 10.3. The second-order valence-corrected chi connectivity index (χ2v) is 10.5. The van der Waals surface area contributed by atoms with Gasteiger partial charge < -0.3 is 9.72 Å². The van der Waals surface area contributed by atoms with E-state index in [1.165, 1.54) is 24.5 Å². The number of hydrogen-bond donors (Lipinski definition) is 1. The Hall–Kier alpha value is -3.04. The third kappa shape index (κ3) is 5.31. The molecule has 0 radical (unpaired) electrons. The molecule has 0 spiro atoms. The van der Waals surface area contributed by atoms with Crippen LogP contribution in [0.1, 0.15) is 64.5 Å². The number of hydrogen-bond acceptors (Lipinski definition) is 7. The van der Waals surface area contributed by atoms with Gasteiger partial charge in [-0.05, 0) is 56.7 Å². The molecule has 1 unspecified atom stereocenters. The van der Waals surface area contributed by atoms with Gasteiger partial charge in [-0.15, -0.1) is 26.6 Å². The fraction of sp³-hybridized carbons (Fsp3) is 0.423. The molecule has 0 bridgehead atoms. The van der Waals surface area contributed by atoms with E-state index in [1.807, 2.05) is 19.2 Å². The monoisotopic (exact) mass is 493 g/mol. The van der Waals surface area contributed by atoms with Crippen molar-refractivity contribution in [2.45, 2.75) is 57.5 Å². The molecule has 4 aromatic rings. The number of carbonyl (C=O) groups excluding carboxylic acids is 1. The highest BCUT2D eigenvalue weighted by atomic mass is 32.1. The Morgan fingerprint density at radius 3 is 2.71 bits per heavy atom. The molecule has 0 aliphatic heterocycles. The number of Topliss-reactive ketones (excluding diaryl/α,β-unsaturated/α-hetero) is 1. The first-order valence-corrected chi connectivity index (χ1v) is 12.8. The molecule has 0 amide bonds. The molecule has 3 aromatic heterocycles. The van der Waals surface area contributed by atoms with Crippen LogP contribution in [0.25, 0.3) is 11.0 Å². The van der Waals surface area contributed by atoms with Crippen LogP contribution in [-0.4, -0.2) is 38.3 Å². The van der Waals surface area contributed by atoms with Crippen LogP contribution in [0.2, 0.25) is 0 Å². The Bertz CT molecular complexity index is 1330. The lowest BCUT2D eigenvalue weighted by Crippen LogP contribution is -2.18. The fourth-order valence-corrected chi connectivity index (χ4v) is 5.93. The lowest BCUT2D eigenvalue weighted by Gasteiger charge is -2.27. The van der Waals surface area contributed by atoms with Crippen LogP contribution in [-0.2, 0) is 22.4 Å². The van der Waals surface area contributed by atoms with Crippen molar-refractivity contribution in [2.75, 3.05) is 7.11 Å². The average molecular weight is 494 g/mol. The molecule has 1 aromatic carbocycles. The third-order valence-corrected chi connectivity index (χ3v) is 7.80. The zero-order valence-corrected chi connectivity index (χ0v) is 20.6. The summed E-state index contributed by atoms with van der Waals surface area (Å²) < 4.78 is 19.6. The summed E-state index contributed by atoms with van der Waals surface area (Å²) in [6.45, 7) is 1.86. The number of ether oxygens (including phenoxy) is 1. The minimum absolute atomic E-state index is 0.0800. The van der Waals surface area contributed by atoms with Crippen molar-refractivity contribution in [1.29, 1.82) is 0 Å². The van der Waals surface area contributed by atoms with E-state index in [9.17, 15) is 9.18 Å². The molecule has 182 valence electrons. The first-order chi connectivity index (χ1) is 17.0. The molecular weight excluding hydrogens is 465 g/mol. The molecule has 9 heteroatoms. The maximum Gasteiger partial charge on any atom is 0.173 e. The molecule has 5 rings (SSSR count). The van der Waals surface area contributed by atoms with Gasteiger partial charge in [-0.1, -0.05) is 17.7 Å². The van der Waals surface area contributed by atoms with E-state index in [2.05, 4.69) is 31.4 Å². The summed E-state index contributed by atoms with van der Waals surface area (Å²) in [4.78, 5) is 16.0. The molecule has 7 nitrogen and oxygen atoms in total. The highest BCUT2D eigenvalue weighted by Crippen LogP contribution is 2.37. The van der Waals surface area contributed by atoms with Crippen molar-refractivity contribution >= 4 is 28.2 Å². The summed E-state index contributed by atoms with van der Waals surface area (Å²) in [5.74, 6) is 0.317. The predicted molar refractivity (Wildman–Crippen MR) is 132 cm³/mol. The minimum Gasteiger partial charge on any atom is -0.369 e. The van der Waals surface area contributed by atoms with Gasteiger partial charge in [0, 0.05) is 36.6 Å². The molecule has 1 N–H and O–H groups in total. The topological polar surface area (TPSA) is 93.7 Å². The predicted octanol–water partition coefficient (Wildman–Crippen LogP) is 5.27. The number of aryl methyl sites for hydroxylation is 1. The zero-order valence-electron chi connectivity index (χ0n) is 19.8. The lowest BCUT2D eigenvalue weighted by molar-refractivity contribution is -0.128. The van der Waals surface area contributed by atoms with Crippen LogP contribution >= 0.6 is 11.3 Å². The Morgan fingerprint density at radius 1 is 1.11 bits per heavy atom.